The van der Waals surface area contributed by atoms with Gasteiger partial charge in [-0.05, 0) is 76.9 Å². The minimum Gasteiger partial charge on any atom is -0.456 e. The van der Waals surface area contributed by atoms with E-state index in [-0.39, 0.29) is 0 Å². The average Bonchev–Trinajstić information content (AvgIpc) is 3.60. The molecule has 3 nitrogen and oxygen atoms in total. The Bertz CT molecular complexity index is 2150. The van der Waals surface area contributed by atoms with Gasteiger partial charge in [0.05, 0.1) is 11.0 Å². The van der Waals surface area contributed by atoms with Gasteiger partial charge in [-0.25, -0.2) is 4.98 Å². The van der Waals surface area contributed by atoms with Crippen LogP contribution < -0.4 is 0 Å². The zero-order valence-electron chi connectivity index (χ0n) is 21.7. The van der Waals surface area contributed by atoms with Gasteiger partial charge in [-0.2, -0.15) is 0 Å². The molecule has 0 amide bonds. The van der Waals surface area contributed by atoms with E-state index in [1.807, 2.05) is 18.2 Å². The normalized spacial score (nSPS) is 11.5. The Hall–Kier alpha value is -5.41. The van der Waals surface area contributed by atoms with Gasteiger partial charge in [0, 0.05) is 22.0 Å². The number of nitrogens with zero attached hydrogens (tertiary/aromatic N) is 2. The van der Waals surface area contributed by atoms with Crippen LogP contribution in [-0.4, -0.2) is 9.55 Å². The maximum absolute atomic E-state index is 6.32. The predicted molar refractivity (Wildman–Crippen MR) is 165 cm³/mol. The topological polar surface area (TPSA) is 31.0 Å². The van der Waals surface area contributed by atoms with Crippen LogP contribution in [0.4, 0.5) is 0 Å². The fraction of sp³-hybridized carbons (Fsp3) is 0. The third-order valence-corrected chi connectivity index (χ3v) is 7.61. The third kappa shape index (κ3) is 3.71. The zero-order chi connectivity index (χ0) is 26.5. The summed E-state index contributed by atoms with van der Waals surface area (Å²) in [5.74, 6) is 0.906. The van der Waals surface area contributed by atoms with Crippen LogP contribution in [0.5, 0.6) is 0 Å². The number of furan rings is 1. The predicted octanol–water partition coefficient (Wildman–Crippen LogP) is 9.93. The molecule has 8 aromatic rings. The van der Waals surface area contributed by atoms with Gasteiger partial charge in [0.15, 0.2) is 0 Å². The summed E-state index contributed by atoms with van der Waals surface area (Å²) in [4.78, 5) is 5.12. The number of benzene rings is 6. The van der Waals surface area contributed by atoms with Crippen molar-refractivity contribution in [3.63, 3.8) is 0 Å². The Morgan fingerprint density at radius 1 is 0.450 bits per heavy atom. The first-order chi connectivity index (χ1) is 19.8. The second kappa shape index (κ2) is 9.11. The highest BCUT2D eigenvalue weighted by molar-refractivity contribution is 6.07. The number of hydrogen-bond acceptors (Lipinski definition) is 2. The lowest BCUT2D eigenvalue weighted by molar-refractivity contribution is 0.669. The van der Waals surface area contributed by atoms with Crippen molar-refractivity contribution in [1.29, 1.82) is 0 Å². The molecule has 0 N–H and O–H groups in total. The van der Waals surface area contributed by atoms with Gasteiger partial charge < -0.3 is 4.42 Å². The lowest BCUT2D eigenvalue weighted by Crippen LogP contribution is -1.98. The van der Waals surface area contributed by atoms with Crippen LogP contribution in [0.2, 0.25) is 0 Å². The molecule has 40 heavy (non-hydrogen) atoms. The van der Waals surface area contributed by atoms with E-state index in [4.69, 9.17) is 9.40 Å². The molecule has 188 valence electrons. The highest BCUT2D eigenvalue weighted by Gasteiger charge is 2.17. The van der Waals surface area contributed by atoms with Crippen molar-refractivity contribution in [3.8, 4) is 39.3 Å². The van der Waals surface area contributed by atoms with Gasteiger partial charge in [-0.1, -0.05) is 91.0 Å². The van der Waals surface area contributed by atoms with E-state index in [1.54, 1.807) is 0 Å². The molecule has 3 heteroatoms. The fourth-order valence-electron chi connectivity index (χ4n) is 5.66. The maximum Gasteiger partial charge on any atom is 0.145 e. The molecule has 0 atom stereocenters. The molecular formula is C37H24N2O. The summed E-state index contributed by atoms with van der Waals surface area (Å²) < 4.78 is 8.58. The molecule has 0 aliphatic heterocycles. The highest BCUT2D eigenvalue weighted by Crippen LogP contribution is 2.36. The van der Waals surface area contributed by atoms with Crippen LogP contribution in [0.3, 0.4) is 0 Å². The van der Waals surface area contributed by atoms with Gasteiger partial charge >= 0.3 is 0 Å². The van der Waals surface area contributed by atoms with Crippen molar-refractivity contribution in [2.45, 2.75) is 0 Å². The Labute approximate surface area is 231 Å². The van der Waals surface area contributed by atoms with E-state index >= 15 is 0 Å². The summed E-state index contributed by atoms with van der Waals surface area (Å²) in [6, 6.07) is 50.8. The number of imidazole rings is 1. The largest absolute Gasteiger partial charge is 0.456 e. The van der Waals surface area contributed by atoms with E-state index in [0.717, 1.165) is 55.6 Å². The highest BCUT2D eigenvalue weighted by atomic mass is 16.3. The van der Waals surface area contributed by atoms with Crippen molar-refractivity contribution in [1.82, 2.24) is 9.55 Å². The minimum absolute atomic E-state index is 0.873. The van der Waals surface area contributed by atoms with E-state index in [1.165, 1.54) is 16.7 Å². The van der Waals surface area contributed by atoms with E-state index in [0.29, 0.717) is 0 Å². The first-order valence-electron chi connectivity index (χ1n) is 13.5. The van der Waals surface area contributed by atoms with E-state index in [2.05, 4.69) is 132 Å². The van der Waals surface area contributed by atoms with Crippen molar-refractivity contribution >= 4 is 33.0 Å². The molecule has 0 aliphatic rings. The van der Waals surface area contributed by atoms with Gasteiger partial charge in [-0.15, -0.1) is 0 Å². The number of rotatable bonds is 4. The number of aromatic nitrogens is 2. The Morgan fingerprint density at radius 2 is 1.12 bits per heavy atom. The molecule has 0 radical (unpaired) electrons. The van der Waals surface area contributed by atoms with Crippen LogP contribution in [0.25, 0.3) is 72.3 Å². The zero-order valence-corrected chi connectivity index (χ0v) is 21.7. The minimum atomic E-state index is 0.873. The monoisotopic (exact) mass is 512 g/mol. The Balaban J connectivity index is 1.30. The lowest BCUT2D eigenvalue weighted by Gasteiger charge is -2.12. The molecule has 0 spiro atoms. The molecule has 2 heterocycles. The van der Waals surface area contributed by atoms with Crippen LogP contribution in [0, 0.1) is 0 Å². The fourth-order valence-corrected chi connectivity index (χ4v) is 5.66. The quantitative estimate of drug-likeness (QED) is 0.235. The average molecular weight is 513 g/mol. The van der Waals surface area contributed by atoms with E-state index < -0.39 is 0 Å². The summed E-state index contributed by atoms with van der Waals surface area (Å²) in [7, 11) is 0. The van der Waals surface area contributed by atoms with Crippen LogP contribution in [-0.2, 0) is 0 Å². The second-order valence-corrected chi connectivity index (χ2v) is 10.1. The molecule has 6 aromatic carbocycles. The summed E-state index contributed by atoms with van der Waals surface area (Å²) in [6.07, 6.45) is 0. The SMILES string of the molecule is c1ccc(-c2cccc(-n3c(-c4ccc5oc6cc(-c7ccccc7)ccc6c5c4)nc4ccccc43)c2)cc1. The molecule has 8 rings (SSSR count). The standard InChI is InChI=1S/C37H24N2O/c1-3-10-25(11-4-1)27-14-9-15-30(22-27)39-34-17-8-7-16-33(34)38-37(39)29-19-21-35-32(23-29)31-20-18-28(24-36(31)40-35)26-12-5-2-6-13-26/h1-24H. The van der Waals surface area contributed by atoms with Crippen molar-refractivity contribution in [3.05, 3.63) is 146 Å². The second-order valence-electron chi connectivity index (χ2n) is 10.1. The first-order valence-corrected chi connectivity index (χ1v) is 13.5. The number of fused-ring (bicyclic) bond motifs is 4. The third-order valence-electron chi connectivity index (χ3n) is 7.61. The molecule has 0 aliphatic carbocycles. The van der Waals surface area contributed by atoms with Crippen LogP contribution in [0.15, 0.2) is 150 Å². The maximum atomic E-state index is 6.32. The molecule has 0 saturated heterocycles. The first kappa shape index (κ1) is 22.6. The summed E-state index contributed by atoms with van der Waals surface area (Å²) in [6.45, 7) is 0. The molecule has 0 unspecified atom stereocenters. The molecule has 0 saturated carbocycles. The lowest BCUT2D eigenvalue weighted by atomic mass is 10.0. The number of para-hydroxylation sites is 2. The summed E-state index contributed by atoms with van der Waals surface area (Å²) in [5.41, 5.74) is 10.6. The molecular weight excluding hydrogens is 488 g/mol. The van der Waals surface area contributed by atoms with Gasteiger partial charge in [0.25, 0.3) is 0 Å². The Kier molecular flexibility index (Phi) is 5.14. The van der Waals surface area contributed by atoms with Crippen LogP contribution >= 0.6 is 0 Å². The van der Waals surface area contributed by atoms with Gasteiger partial charge in [0.1, 0.15) is 17.0 Å². The van der Waals surface area contributed by atoms with Crippen molar-refractivity contribution in [2.24, 2.45) is 0 Å². The smallest absolute Gasteiger partial charge is 0.145 e. The summed E-state index contributed by atoms with van der Waals surface area (Å²) in [5, 5.41) is 2.19. The van der Waals surface area contributed by atoms with Crippen LogP contribution in [0.1, 0.15) is 0 Å². The van der Waals surface area contributed by atoms with E-state index in [9.17, 15) is 0 Å². The summed E-state index contributed by atoms with van der Waals surface area (Å²) >= 11 is 0. The number of hydrogen-bond donors (Lipinski definition) is 0. The van der Waals surface area contributed by atoms with Gasteiger partial charge in [-0.3, -0.25) is 4.57 Å². The molecule has 0 bridgehead atoms. The van der Waals surface area contributed by atoms with Crippen molar-refractivity contribution < 1.29 is 4.42 Å². The molecule has 2 aromatic heterocycles. The van der Waals surface area contributed by atoms with Crippen molar-refractivity contribution in [2.75, 3.05) is 0 Å². The molecule has 0 fully saturated rings. The van der Waals surface area contributed by atoms with Gasteiger partial charge in [0.2, 0.25) is 0 Å². The Morgan fingerprint density at radius 3 is 1.93 bits per heavy atom.